The molecule has 8 aliphatic heterocycles. The highest BCUT2D eigenvalue weighted by molar-refractivity contribution is 8.03. The number of carbonyl (C=O) groups excluding carboxylic acids is 6. The van der Waals surface area contributed by atoms with Crippen molar-refractivity contribution in [3.8, 4) is 46.0 Å². The van der Waals surface area contributed by atoms with Crippen LogP contribution in [-0.2, 0) is 71.9 Å². The van der Waals surface area contributed by atoms with Gasteiger partial charge in [-0.1, -0.05) is 48.5 Å². The van der Waals surface area contributed by atoms with Gasteiger partial charge in [-0.2, -0.15) is 0 Å². The lowest BCUT2D eigenvalue weighted by atomic mass is 9.77. The fourth-order valence-electron chi connectivity index (χ4n) is 13.5. The molecule has 2 fully saturated rings. The molecule has 4 amide bonds. The number of ether oxygens (including phenoxy) is 8. The van der Waals surface area contributed by atoms with Gasteiger partial charge in [-0.25, -0.2) is 28.8 Å². The summed E-state index contributed by atoms with van der Waals surface area (Å²) in [6.45, 7) is -1.48. The molecule has 0 aliphatic carbocycles. The van der Waals surface area contributed by atoms with Gasteiger partial charge in [0.1, 0.15) is 87.7 Å². The van der Waals surface area contributed by atoms with E-state index in [0.717, 1.165) is 9.75 Å². The van der Waals surface area contributed by atoms with Crippen LogP contribution < -0.4 is 39.1 Å². The lowest BCUT2D eigenvalue weighted by Crippen LogP contribution is -2.74. The molecule has 2 spiro atoms. The number of nitrogens with zero attached hydrogens (tertiary/aromatic N) is 2. The highest BCUT2D eigenvalue weighted by Gasteiger charge is 2.59. The monoisotopic (exact) mass is 1450 g/mol. The summed E-state index contributed by atoms with van der Waals surface area (Å²) in [6.07, 6.45) is 0.257. The number of carboxylic acid groups (broad SMARTS) is 4. The van der Waals surface area contributed by atoms with Gasteiger partial charge in [0.15, 0.2) is 30.5 Å². The van der Waals surface area contributed by atoms with Crippen LogP contribution in [0, 0.1) is 0 Å². The number of amides is 4. The maximum Gasteiger partial charge on any atom is 0.352 e. The Bertz CT molecular complexity index is 4910. The average Bonchev–Trinajstić information content (AvgIpc) is 1.61. The molecule has 7 unspecified atom stereocenters. The summed E-state index contributed by atoms with van der Waals surface area (Å²) in [6, 6.07) is 37.8. The summed E-state index contributed by atoms with van der Waals surface area (Å²) in [5.74, 6) is -5.11. The van der Waals surface area contributed by atoms with E-state index in [1.54, 1.807) is 115 Å². The molecule has 16 rings (SSSR count). The first kappa shape index (κ1) is 66.3. The highest BCUT2D eigenvalue weighted by atomic mass is 32.2. The Morgan fingerprint density at radius 3 is 1.41 bits per heavy atom. The van der Waals surface area contributed by atoms with E-state index >= 15 is 0 Å². The van der Waals surface area contributed by atoms with Gasteiger partial charge in [-0.05, 0) is 89.0 Å². The molecule has 0 radical (unpaired) electrons. The summed E-state index contributed by atoms with van der Waals surface area (Å²) in [5, 5.41) is 48.2. The van der Waals surface area contributed by atoms with Gasteiger partial charge in [0.2, 0.25) is 17.7 Å². The number of nitrogens with one attached hydrogen (secondary N) is 2. The number of hydrogen-bond donors (Lipinski definition) is 6. The number of rotatable bonds is 20. The maximum absolute atomic E-state index is 13.2. The second-order valence-corrected chi connectivity index (χ2v) is 28.1. The third kappa shape index (κ3) is 11.7. The van der Waals surface area contributed by atoms with Crippen molar-refractivity contribution in [1.82, 2.24) is 20.4 Å². The minimum absolute atomic E-state index is 0.127. The van der Waals surface area contributed by atoms with Gasteiger partial charge in [0, 0.05) is 84.3 Å². The van der Waals surface area contributed by atoms with Crippen LogP contribution in [-0.4, -0.2) is 151 Å². The van der Waals surface area contributed by atoms with Crippen LogP contribution in [0.5, 0.6) is 46.0 Å². The van der Waals surface area contributed by atoms with Crippen molar-refractivity contribution >= 4 is 106 Å². The van der Waals surface area contributed by atoms with Crippen LogP contribution in [0.25, 0.3) is 0 Å². The van der Waals surface area contributed by atoms with Crippen molar-refractivity contribution in [2.24, 2.45) is 0 Å². The zero-order valence-corrected chi connectivity index (χ0v) is 55.9. The summed E-state index contributed by atoms with van der Waals surface area (Å²) in [7, 11) is 0. The smallest absolute Gasteiger partial charge is 0.352 e. The number of fused-ring (bicyclic) bond motifs is 14. The minimum atomic E-state index is -1.39. The number of carboxylic acids is 4. The van der Waals surface area contributed by atoms with Gasteiger partial charge < -0.3 is 73.9 Å². The van der Waals surface area contributed by atoms with Crippen LogP contribution in [0.4, 0.5) is 0 Å². The fraction of sp³-hybridized carbons (Fsp3) is 0.194. The van der Waals surface area contributed by atoms with E-state index < -0.39 is 101 Å². The number of hydrogen-bond acceptors (Lipinski definition) is 22. The van der Waals surface area contributed by atoms with E-state index in [2.05, 4.69) is 10.6 Å². The van der Waals surface area contributed by atoms with Crippen LogP contribution in [0.1, 0.15) is 63.9 Å². The Hall–Kier alpha value is -11.6. The topological polar surface area (TPSA) is 356 Å². The molecule has 102 heavy (non-hydrogen) atoms. The maximum atomic E-state index is 13.2. The fourth-order valence-corrected chi connectivity index (χ4v) is 17.4. The number of esters is 2. The number of carbonyl (C=O) groups is 10. The molecule has 30 heteroatoms. The summed E-state index contributed by atoms with van der Waals surface area (Å²) in [4.78, 5) is 129. The van der Waals surface area contributed by atoms with Gasteiger partial charge in [0.25, 0.3) is 5.91 Å². The third-order valence-corrected chi connectivity index (χ3v) is 22.2. The first-order valence-electron chi connectivity index (χ1n) is 31.2. The molecule has 516 valence electrons. The quantitative estimate of drug-likeness (QED) is 0.0309. The van der Waals surface area contributed by atoms with Crippen LogP contribution in [0.15, 0.2) is 179 Å². The summed E-state index contributed by atoms with van der Waals surface area (Å²) in [5.41, 5.74) is 1.75. The Labute approximate surface area is 592 Å². The van der Waals surface area contributed by atoms with Crippen molar-refractivity contribution in [2.75, 3.05) is 32.2 Å². The van der Waals surface area contributed by atoms with Gasteiger partial charge in [-0.15, -0.1) is 46.2 Å². The minimum Gasteiger partial charge on any atom is -0.489 e. The first-order chi connectivity index (χ1) is 49.3. The lowest BCUT2D eigenvalue weighted by molar-refractivity contribution is -0.160. The molecule has 2 aromatic heterocycles. The third-order valence-electron chi connectivity index (χ3n) is 17.9. The highest BCUT2D eigenvalue weighted by Crippen LogP contribution is 2.59. The normalized spacial score (nSPS) is 21.6. The van der Waals surface area contributed by atoms with Crippen molar-refractivity contribution < 1.29 is 106 Å². The number of benzene rings is 6. The molecule has 0 saturated carbocycles. The molecule has 26 nitrogen and oxygen atoms in total. The molecule has 7 atom stereocenters. The Balaban J connectivity index is 0.000000165. The summed E-state index contributed by atoms with van der Waals surface area (Å²) >= 11 is 5.44. The van der Waals surface area contributed by atoms with Crippen molar-refractivity contribution in [1.29, 1.82) is 0 Å². The van der Waals surface area contributed by atoms with E-state index in [-0.39, 0.29) is 83.8 Å². The van der Waals surface area contributed by atoms with E-state index in [0.29, 0.717) is 67.2 Å². The Morgan fingerprint density at radius 2 is 0.971 bits per heavy atom. The molecular formula is C72H52N4O22S4. The predicted molar refractivity (Wildman–Crippen MR) is 362 cm³/mol. The first-order valence-corrected chi connectivity index (χ1v) is 35.0. The molecule has 2 saturated heterocycles. The molecule has 6 N–H and O–H groups in total. The standard InChI is InChI=1S/2C36H26N2O11S2/c2*39-28(14-21-4-3-11-50-21)37-30-32(42)38-31(34(43)44)18(17-51-33(30)38)15-46-19-7-9-24-26(12-19)48-27-13-20(47-16-29(40)41)8-10-25(27)36(24)23-6-2-1-5-22(23)35(45)49-36/h1-13,30,33H,14-17H2,(H,37,39)(H,40,41)(H,43,44);1-13,17,30-31,33H,14-16H2,(H,37,39)(H,40,41)(H,43,44). The molecule has 8 aromatic rings. The molecular weight excluding hydrogens is 1400 g/mol. The largest absolute Gasteiger partial charge is 0.489 e. The number of β-lactam (4-membered cyclic amide) rings is 2. The summed E-state index contributed by atoms with van der Waals surface area (Å²) < 4.78 is 47.8. The van der Waals surface area contributed by atoms with Crippen LogP contribution in [0.3, 0.4) is 0 Å². The van der Waals surface area contributed by atoms with E-state index in [4.69, 9.17) is 48.1 Å². The molecule has 0 bridgehead atoms. The van der Waals surface area contributed by atoms with Gasteiger partial charge in [0.05, 0.1) is 24.0 Å². The van der Waals surface area contributed by atoms with Crippen LogP contribution in [0.2, 0.25) is 0 Å². The lowest BCUT2D eigenvalue weighted by Gasteiger charge is -2.51. The Kier molecular flexibility index (Phi) is 17.2. The molecule has 6 aromatic carbocycles. The average molecular weight is 1450 g/mol. The number of thioether (sulfide) groups is 2. The SMILES string of the molecule is O=C(O)COc1ccc2c(c1)Oc1cc(OCC3=C(C(=O)O)N4C(=O)C(NC(=O)Cc5cccs5)C4SC3)ccc1C21OC(=O)c2ccccc21.O=C(O)COc1ccc2c(c1)Oc1cc(OCC3=CSC4C(NC(=O)Cc5cccs5)C(=O)N4C3C(=O)O)ccc1C21OC(=O)c2ccccc21. The molecule has 10 heterocycles. The zero-order valence-electron chi connectivity index (χ0n) is 52.6. The van der Waals surface area contributed by atoms with Gasteiger partial charge >= 0.3 is 35.8 Å². The number of aliphatic carboxylic acids is 4. The van der Waals surface area contributed by atoms with Crippen LogP contribution >= 0.6 is 46.2 Å². The zero-order chi connectivity index (χ0) is 70.9. The predicted octanol–water partition coefficient (Wildman–Crippen LogP) is 8.28. The Morgan fingerprint density at radius 1 is 0.520 bits per heavy atom. The van der Waals surface area contributed by atoms with Gasteiger partial charge in [-0.3, -0.25) is 24.1 Å². The van der Waals surface area contributed by atoms with E-state index in [1.807, 2.05) is 35.0 Å². The molecule has 8 aliphatic rings. The van der Waals surface area contributed by atoms with E-state index in [1.165, 1.54) is 68.1 Å². The van der Waals surface area contributed by atoms with Crippen molar-refractivity contribution in [2.45, 2.75) is 52.9 Å². The number of thiophene rings is 2. The van der Waals surface area contributed by atoms with Crippen molar-refractivity contribution in [3.05, 3.63) is 233 Å². The van der Waals surface area contributed by atoms with Crippen molar-refractivity contribution in [3.63, 3.8) is 0 Å². The van der Waals surface area contributed by atoms with E-state index in [9.17, 15) is 58.2 Å². The second-order valence-electron chi connectivity index (χ2n) is 24.0. The second kappa shape index (κ2) is 26.5.